The predicted molar refractivity (Wildman–Crippen MR) is 101 cm³/mol. The Balaban J connectivity index is 3.13. The molecule has 0 radical (unpaired) electrons. The van der Waals surface area contributed by atoms with Crippen molar-refractivity contribution in [3.05, 3.63) is 12.2 Å². The minimum atomic E-state index is -0.0201. The number of esters is 1. The monoisotopic (exact) mass is 324 g/mol. The molecule has 0 spiro atoms. The Morgan fingerprint density at radius 3 is 1.78 bits per heavy atom. The van der Waals surface area contributed by atoms with Crippen LogP contribution >= 0.6 is 0 Å². The highest BCUT2D eigenvalue weighted by Crippen LogP contribution is 2.11. The number of carbonyl (C=O) groups is 1. The van der Waals surface area contributed by atoms with Gasteiger partial charge in [0.1, 0.15) is 0 Å². The molecule has 0 bridgehead atoms. The Labute approximate surface area is 145 Å². The maximum atomic E-state index is 11.3. The highest BCUT2D eigenvalue weighted by molar-refractivity contribution is 5.69. The van der Waals surface area contributed by atoms with Crippen LogP contribution in [0.1, 0.15) is 110 Å². The predicted octanol–water partition coefficient (Wildman–Crippen LogP) is 6.98. The van der Waals surface area contributed by atoms with Crippen LogP contribution in [-0.4, -0.2) is 12.6 Å². The summed E-state index contributed by atoms with van der Waals surface area (Å²) in [4.78, 5) is 11.3. The quantitative estimate of drug-likeness (QED) is 0.164. The van der Waals surface area contributed by atoms with Crippen molar-refractivity contribution in [1.29, 1.82) is 0 Å². The molecule has 0 saturated carbocycles. The fourth-order valence-electron chi connectivity index (χ4n) is 2.63. The van der Waals surface area contributed by atoms with Gasteiger partial charge in [-0.25, -0.2) is 0 Å². The lowest BCUT2D eigenvalue weighted by atomic mass is 10.1. The van der Waals surface area contributed by atoms with Crippen LogP contribution in [-0.2, 0) is 9.53 Å². The molecule has 0 unspecified atom stereocenters. The normalized spacial score (nSPS) is 11.2. The summed E-state index contributed by atoms with van der Waals surface area (Å²) in [6, 6.07) is 0. The first-order chi connectivity index (χ1) is 11.3. The molecule has 0 N–H and O–H groups in total. The molecular weight excluding hydrogens is 284 g/mol. The van der Waals surface area contributed by atoms with Gasteiger partial charge >= 0.3 is 5.97 Å². The smallest absolute Gasteiger partial charge is 0.305 e. The molecule has 0 aliphatic heterocycles. The van der Waals surface area contributed by atoms with Gasteiger partial charge in [0, 0.05) is 6.42 Å². The minimum absolute atomic E-state index is 0.0201. The Morgan fingerprint density at radius 1 is 0.696 bits per heavy atom. The molecule has 0 aliphatic rings. The van der Waals surface area contributed by atoms with Crippen LogP contribution in [0.2, 0.25) is 0 Å². The van der Waals surface area contributed by atoms with E-state index in [9.17, 15) is 4.79 Å². The number of carbonyl (C=O) groups excluding carboxylic acids is 1. The summed E-state index contributed by atoms with van der Waals surface area (Å²) >= 11 is 0. The van der Waals surface area contributed by atoms with Gasteiger partial charge in [-0.15, -0.1) is 0 Å². The third-order valence-electron chi connectivity index (χ3n) is 4.11. The van der Waals surface area contributed by atoms with Gasteiger partial charge in [-0.05, 0) is 38.5 Å². The van der Waals surface area contributed by atoms with Crippen molar-refractivity contribution in [2.24, 2.45) is 0 Å². The van der Waals surface area contributed by atoms with Crippen LogP contribution in [0.4, 0.5) is 0 Å². The molecule has 0 atom stereocenters. The summed E-state index contributed by atoms with van der Waals surface area (Å²) in [5.41, 5.74) is 0. The van der Waals surface area contributed by atoms with Crippen molar-refractivity contribution < 1.29 is 9.53 Å². The molecule has 0 amide bonds. The lowest BCUT2D eigenvalue weighted by Gasteiger charge is -2.03. The molecule has 0 aliphatic carbocycles. The maximum absolute atomic E-state index is 11.3. The van der Waals surface area contributed by atoms with Gasteiger partial charge < -0.3 is 4.74 Å². The van der Waals surface area contributed by atoms with Crippen LogP contribution in [0.3, 0.4) is 0 Å². The Bertz CT molecular complexity index is 271. The molecule has 0 aromatic carbocycles. The number of rotatable bonds is 17. The van der Waals surface area contributed by atoms with E-state index in [1.807, 2.05) is 6.92 Å². The first-order valence-corrected chi connectivity index (χ1v) is 10.1. The van der Waals surface area contributed by atoms with Crippen LogP contribution < -0.4 is 0 Å². The fraction of sp³-hybridized carbons (Fsp3) is 0.857. The largest absolute Gasteiger partial charge is 0.466 e. The van der Waals surface area contributed by atoms with Crippen molar-refractivity contribution in [1.82, 2.24) is 0 Å². The van der Waals surface area contributed by atoms with Crippen LogP contribution in [0.5, 0.6) is 0 Å². The van der Waals surface area contributed by atoms with Crippen LogP contribution in [0.25, 0.3) is 0 Å². The second-order valence-corrected chi connectivity index (χ2v) is 6.55. The van der Waals surface area contributed by atoms with Gasteiger partial charge in [-0.1, -0.05) is 77.4 Å². The van der Waals surface area contributed by atoms with Gasteiger partial charge in [-0.2, -0.15) is 0 Å². The highest BCUT2D eigenvalue weighted by atomic mass is 16.5. The average molecular weight is 325 g/mol. The van der Waals surface area contributed by atoms with Gasteiger partial charge in [-0.3, -0.25) is 4.79 Å². The molecule has 2 heteroatoms. The van der Waals surface area contributed by atoms with Crippen molar-refractivity contribution in [3.8, 4) is 0 Å². The van der Waals surface area contributed by atoms with E-state index >= 15 is 0 Å². The minimum Gasteiger partial charge on any atom is -0.466 e. The number of hydrogen-bond donors (Lipinski definition) is 0. The first-order valence-electron chi connectivity index (χ1n) is 10.1. The molecule has 0 rings (SSSR count). The summed E-state index contributed by atoms with van der Waals surface area (Å²) in [5, 5.41) is 0. The molecule has 0 aromatic heterocycles. The zero-order chi connectivity index (χ0) is 17.0. The van der Waals surface area contributed by atoms with Crippen molar-refractivity contribution >= 4 is 5.97 Å². The first kappa shape index (κ1) is 22.2. The molecule has 2 nitrogen and oxygen atoms in total. The lowest BCUT2D eigenvalue weighted by Crippen LogP contribution is -2.04. The summed E-state index contributed by atoms with van der Waals surface area (Å²) in [6.45, 7) is 4.86. The van der Waals surface area contributed by atoms with Crippen molar-refractivity contribution in [3.63, 3.8) is 0 Å². The third kappa shape index (κ3) is 19.2. The summed E-state index contributed by atoms with van der Waals surface area (Å²) < 4.78 is 5.06. The third-order valence-corrected chi connectivity index (χ3v) is 4.11. The van der Waals surface area contributed by atoms with E-state index in [2.05, 4.69) is 19.1 Å². The highest BCUT2D eigenvalue weighted by Gasteiger charge is 2.01. The van der Waals surface area contributed by atoms with Crippen LogP contribution in [0, 0.1) is 0 Å². The van der Waals surface area contributed by atoms with Crippen LogP contribution in [0.15, 0.2) is 12.2 Å². The van der Waals surface area contributed by atoms with Gasteiger partial charge in [0.25, 0.3) is 0 Å². The topological polar surface area (TPSA) is 26.3 Å². The molecule has 0 aromatic rings. The van der Waals surface area contributed by atoms with Gasteiger partial charge in [0.2, 0.25) is 0 Å². The Hall–Kier alpha value is -0.790. The average Bonchev–Trinajstić information content (AvgIpc) is 2.56. The zero-order valence-corrected chi connectivity index (χ0v) is 15.8. The summed E-state index contributed by atoms with van der Waals surface area (Å²) in [7, 11) is 0. The van der Waals surface area contributed by atoms with Gasteiger partial charge in [0.15, 0.2) is 0 Å². The van der Waals surface area contributed by atoms with Crippen molar-refractivity contribution in [2.45, 2.75) is 110 Å². The molecule has 23 heavy (non-hydrogen) atoms. The standard InChI is InChI=1S/C21H40O2/c1-3-5-6-7-8-9-10-11-12-13-14-15-16-17-18-19-21(22)23-20-4-2/h9-10H,3-8,11-20H2,1-2H3/b10-9+. The van der Waals surface area contributed by atoms with E-state index in [-0.39, 0.29) is 5.97 Å². The lowest BCUT2D eigenvalue weighted by molar-refractivity contribution is -0.143. The second-order valence-electron chi connectivity index (χ2n) is 6.55. The number of unbranched alkanes of at least 4 members (excludes halogenated alkanes) is 11. The molecule has 0 saturated heterocycles. The number of allylic oxidation sites excluding steroid dienone is 2. The van der Waals surface area contributed by atoms with Crippen molar-refractivity contribution in [2.75, 3.05) is 6.61 Å². The molecule has 0 heterocycles. The molecule has 0 fully saturated rings. The number of hydrogen-bond acceptors (Lipinski definition) is 2. The van der Waals surface area contributed by atoms with Gasteiger partial charge in [0.05, 0.1) is 6.61 Å². The van der Waals surface area contributed by atoms with E-state index in [1.165, 1.54) is 77.0 Å². The summed E-state index contributed by atoms with van der Waals surface area (Å²) in [6.07, 6.45) is 23.0. The maximum Gasteiger partial charge on any atom is 0.305 e. The Kier molecular flexibility index (Phi) is 18.6. The molecule has 136 valence electrons. The molecular formula is C21H40O2. The Morgan fingerprint density at radius 2 is 1.22 bits per heavy atom. The fourth-order valence-corrected chi connectivity index (χ4v) is 2.63. The number of ether oxygens (including phenoxy) is 1. The van der Waals surface area contributed by atoms with E-state index in [0.717, 1.165) is 12.8 Å². The second kappa shape index (κ2) is 19.3. The summed E-state index contributed by atoms with van der Waals surface area (Å²) in [5.74, 6) is -0.0201. The van der Waals surface area contributed by atoms with E-state index in [4.69, 9.17) is 4.74 Å². The zero-order valence-electron chi connectivity index (χ0n) is 15.8. The SMILES string of the molecule is CCCCCC/C=C/CCCCCCCCCC(=O)OCCC. The van der Waals surface area contributed by atoms with E-state index in [0.29, 0.717) is 13.0 Å². The van der Waals surface area contributed by atoms with E-state index < -0.39 is 0 Å². The van der Waals surface area contributed by atoms with E-state index in [1.54, 1.807) is 0 Å².